The third-order valence-electron chi connectivity index (χ3n) is 2.16. The molecule has 1 N–H and O–H groups in total. The topological polar surface area (TPSA) is 72.8 Å². The summed E-state index contributed by atoms with van der Waals surface area (Å²) in [5.41, 5.74) is 0. The Morgan fingerprint density at radius 2 is 1.70 bits per heavy atom. The van der Waals surface area contributed by atoms with Crippen LogP contribution in [0.25, 0.3) is 0 Å². The van der Waals surface area contributed by atoms with Crippen molar-refractivity contribution >= 4 is 23.7 Å². The van der Waals surface area contributed by atoms with E-state index in [2.05, 4.69) is 0 Å². The highest BCUT2D eigenvalue weighted by molar-refractivity contribution is 7.99. The van der Waals surface area contributed by atoms with Crippen LogP contribution in [0.1, 0.15) is 33.6 Å². The van der Waals surface area contributed by atoms with Gasteiger partial charge in [0.05, 0.1) is 18.8 Å². The first-order valence-corrected chi connectivity index (χ1v) is 7.89. The Bertz CT molecular complexity index is 315. The molecule has 0 rings (SSSR count). The van der Waals surface area contributed by atoms with Crippen LogP contribution in [0.5, 0.6) is 0 Å². The lowest BCUT2D eigenvalue weighted by Crippen LogP contribution is -2.14. The number of thioether (sulfide) groups is 1. The Morgan fingerprint density at radius 3 is 2.25 bits per heavy atom. The fourth-order valence-corrected chi connectivity index (χ4v) is 2.05. The molecule has 0 spiro atoms. The molecule has 0 bridgehead atoms. The first-order valence-electron chi connectivity index (χ1n) is 6.73. The van der Waals surface area contributed by atoms with E-state index in [0.717, 1.165) is 36.5 Å². The number of carbonyl (C=O) groups excluding carboxylic acids is 2. The van der Waals surface area contributed by atoms with Crippen LogP contribution in [-0.4, -0.2) is 47.4 Å². The van der Waals surface area contributed by atoms with Crippen molar-refractivity contribution in [2.24, 2.45) is 0 Å². The number of ether oxygens (including phenoxy) is 2. The van der Waals surface area contributed by atoms with Crippen molar-refractivity contribution in [3.05, 3.63) is 12.2 Å². The average molecular weight is 304 g/mol. The molecule has 5 nitrogen and oxygen atoms in total. The van der Waals surface area contributed by atoms with E-state index in [-0.39, 0.29) is 18.8 Å². The van der Waals surface area contributed by atoms with E-state index in [0.29, 0.717) is 0 Å². The quantitative estimate of drug-likeness (QED) is 0.378. The van der Waals surface area contributed by atoms with Gasteiger partial charge in [-0.2, -0.15) is 11.8 Å². The maximum atomic E-state index is 11.4. The summed E-state index contributed by atoms with van der Waals surface area (Å²) in [6, 6.07) is 0. The van der Waals surface area contributed by atoms with Gasteiger partial charge in [0.1, 0.15) is 0 Å². The molecule has 0 saturated carbocycles. The van der Waals surface area contributed by atoms with Crippen LogP contribution in [0.4, 0.5) is 0 Å². The van der Waals surface area contributed by atoms with Crippen LogP contribution in [0.15, 0.2) is 12.2 Å². The molecule has 1 unspecified atom stereocenters. The van der Waals surface area contributed by atoms with Crippen LogP contribution in [-0.2, 0) is 19.1 Å². The summed E-state index contributed by atoms with van der Waals surface area (Å²) in [5, 5.41) is 8.62. The van der Waals surface area contributed by atoms with E-state index in [1.807, 2.05) is 6.92 Å². The van der Waals surface area contributed by atoms with Crippen molar-refractivity contribution in [1.29, 1.82) is 0 Å². The fourth-order valence-electron chi connectivity index (χ4n) is 1.34. The van der Waals surface area contributed by atoms with Gasteiger partial charge in [0.25, 0.3) is 0 Å². The Balaban J connectivity index is 3.78. The van der Waals surface area contributed by atoms with Gasteiger partial charge in [-0.25, -0.2) is 9.59 Å². The van der Waals surface area contributed by atoms with Crippen molar-refractivity contribution in [3.8, 4) is 0 Å². The van der Waals surface area contributed by atoms with Crippen molar-refractivity contribution in [2.75, 3.05) is 18.1 Å². The highest BCUT2D eigenvalue weighted by Gasteiger charge is 2.08. The highest BCUT2D eigenvalue weighted by atomic mass is 32.2. The minimum absolute atomic E-state index is 0.187. The average Bonchev–Trinajstić information content (AvgIpc) is 2.35. The summed E-state index contributed by atoms with van der Waals surface area (Å²) in [4.78, 5) is 22.6. The van der Waals surface area contributed by atoms with E-state index in [9.17, 15) is 9.59 Å². The van der Waals surface area contributed by atoms with Crippen LogP contribution in [0, 0.1) is 0 Å². The first kappa shape index (κ1) is 19.0. The first-order chi connectivity index (χ1) is 9.45. The van der Waals surface area contributed by atoms with Crippen molar-refractivity contribution in [3.63, 3.8) is 0 Å². The zero-order valence-corrected chi connectivity index (χ0v) is 13.1. The lowest BCUT2D eigenvalue weighted by atomic mass is 10.2. The molecule has 0 aliphatic carbocycles. The minimum atomic E-state index is -0.551. The van der Waals surface area contributed by atoms with E-state index < -0.39 is 11.9 Å². The number of rotatable bonds is 10. The Morgan fingerprint density at radius 1 is 1.10 bits per heavy atom. The molecule has 20 heavy (non-hydrogen) atoms. The van der Waals surface area contributed by atoms with Gasteiger partial charge in [0, 0.05) is 17.9 Å². The highest BCUT2D eigenvalue weighted by Crippen LogP contribution is 2.08. The molecule has 6 heteroatoms. The summed E-state index contributed by atoms with van der Waals surface area (Å²) in [5.74, 6) is 0.569. The predicted molar refractivity (Wildman–Crippen MR) is 79.6 cm³/mol. The summed E-state index contributed by atoms with van der Waals surface area (Å²) in [6.07, 6.45) is 3.43. The van der Waals surface area contributed by atoms with Gasteiger partial charge in [-0.05, 0) is 39.4 Å². The second kappa shape index (κ2) is 11.8. The van der Waals surface area contributed by atoms with Crippen molar-refractivity contribution in [2.45, 2.75) is 45.8 Å². The third-order valence-corrected chi connectivity index (χ3v) is 3.21. The molecule has 0 aromatic heterocycles. The summed E-state index contributed by atoms with van der Waals surface area (Å²) >= 11 is 1.67. The second-order valence-corrected chi connectivity index (χ2v) is 5.77. The normalized spacial score (nSPS) is 12.7. The van der Waals surface area contributed by atoms with E-state index in [1.165, 1.54) is 0 Å². The maximum absolute atomic E-state index is 11.4. The standard InChI is InChI=1S/C14H24O5S/c1-11(2)18-13(16)6-7-14(17)19-12(3)5-4-9-20-10-8-15/h6-7,11-12,15H,4-5,8-10H2,1-3H3/b7-6+. The molecule has 0 saturated heterocycles. The predicted octanol–water partition coefficient (Wildman–Crippen LogP) is 1.93. The molecule has 0 amide bonds. The van der Waals surface area contributed by atoms with Crippen LogP contribution in [0.3, 0.4) is 0 Å². The van der Waals surface area contributed by atoms with E-state index in [4.69, 9.17) is 14.6 Å². The Hall–Kier alpha value is -1.01. The van der Waals surface area contributed by atoms with Crippen molar-refractivity contribution in [1.82, 2.24) is 0 Å². The monoisotopic (exact) mass is 304 g/mol. The van der Waals surface area contributed by atoms with Crippen LogP contribution in [0.2, 0.25) is 0 Å². The van der Waals surface area contributed by atoms with Gasteiger partial charge >= 0.3 is 11.9 Å². The second-order valence-electron chi connectivity index (χ2n) is 4.54. The van der Waals surface area contributed by atoms with Gasteiger partial charge in [-0.1, -0.05) is 0 Å². The van der Waals surface area contributed by atoms with Gasteiger partial charge in [-0.15, -0.1) is 0 Å². The van der Waals surface area contributed by atoms with Crippen LogP contribution < -0.4 is 0 Å². The number of aliphatic hydroxyl groups excluding tert-OH is 1. The summed E-state index contributed by atoms with van der Waals surface area (Å²) < 4.78 is 9.97. The molecule has 0 radical (unpaired) electrons. The van der Waals surface area contributed by atoms with Gasteiger partial charge in [0.15, 0.2) is 0 Å². The van der Waals surface area contributed by atoms with Gasteiger partial charge < -0.3 is 14.6 Å². The molecule has 0 fully saturated rings. The molecular weight excluding hydrogens is 280 g/mol. The zero-order valence-electron chi connectivity index (χ0n) is 12.3. The fraction of sp³-hybridized carbons (Fsp3) is 0.714. The third kappa shape index (κ3) is 12.0. The van der Waals surface area contributed by atoms with Gasteiger partial charge in [-0.3, -0.25) is 0 Å². The smallest absolute Gasteiger partial charge is 0.331 e. The molecule has 1 atom stereocenters. The number of carbonyl (C=O) groups is 2. The molecule has 0 aromatic rings. The maximum Gasteiger partial charge on any atom is 0.331 e. The zero-order chi connectivity index (χ0) is 15.4. The largest absolute Gasteiger partial charge is 0.460 e. The minimum Gasteiger partial charge on any atom is -0.460 e. The summed E-state index contributed by atoms with van der Waals surface area (Å²) in [6.45, 7) is 5.48. The SMILES string of the molecule is CC(C)OC(=O)/C=C/C(=O)OC(C)CCCSCCO. The number of aliphatic hydroxyl groups is 1. The molecular formula is C14H24O5S. The Kier molecular flexibility index (Phi) is 11.2. The van der Waals surface area contributed by atoms with Crippen molar-refractivity contribution < 1.29 is 24.2 Å². The van der Waals surface area contributed by atoms with Gasteiger partial charge in [0.2, 0.25) is 0 Å². The lowest BCUT2D eigenvalue weighted by molar-refractivity contribution is -0.144. The molecule has 116 valence electrons. The van der Waals surface area contributed by atoms with Crippen LogP contribution >= 0.6 is 11.8 Å². The summed E-state index contributed by atoms with van der Waals surface area (Å²) in [7, 11) is 0. The number of esters is 2. The molecule has 0 aliphatic heterocycles. The molecule has 0 aliphatic rings. The molecule has 0 aromatic carbocycles. The van der Waals surface area contributed by atoms with E-state index in [1.54, 1.807) is 25.6 Å². The van der Waals surface area contributed by atoms with E-state index >= 15 is 0 Å². The molecule has 0 heterocycles. The Labute approximate surface area is 124 Å². The lowest BCUT2D eigenvalue weighted by Gasteiger charge is -2.11. The number of hydrogen-bond acceptors (Lipinski definition) is 6. The number of hydrogen-bond donors (Lipinski definition) is 1.